The molecule has 1 saturated carbocycles. The number of nitrogens with zero attached hydrogens (tertiary/aromatic N) is 3. The number of aliphatic hydroxyl groups is 1. The molecule has 0 unspecified atom stereocenters. The Morgan fingerprint density at radius 1 is 1.31 bits per heavy atom. The van der Waals surface area contributed by atoms with E-state index in [0.717, 1.165) is 17.5 Å². The van der Waals surface area contributed by atoms with Gasteiger partial charge in [0.15, 0.2) is 0 Å². The third-order valence-electron chi connectivity index (χ3n) is 5.74. The van der Waals surface area contributed by atoms with E-state index < -0.39 is 11.5 Å². The summed E-state index contributed by atoms with van der Waals surface area (Å²) in [6, 6.07) is 12.9. The number of likely N-dealkylation sites (tertiary alicyclic amines) is 1. The van der Waals surface area contributed by atoms with Gasteiger partial charge >= 0.3 is 0 Å². The minimum atomic E-state index is -1.62. The molecule has 7 heteroatoms. The maximum Gasteiger partial charge on any atom is 0.285 e. The second kappa shape index (κ2) is 5.93. The number of primary amides is 1. The summed E-state index contributed by atoms with van der Waals surface area (Å²) in [5, 5.41) is 10.8. The predicted octanol–water partition coefficient (Wildman–Crippen LogP) is 1.04. The number of fused-ring (bicyclic) bond motifs is 2. The fraction of sp³-hybridized carbons (Fsp3) is 0.227. The first-order chi connectivity index (χ1) is 13.9. The number of amides is 2. The van der Waals surface area contributed by atoms with Crippen molar-refractivity contribution in [3.8, 4) is 23.1 Å². The van der Waals surface area contributed by atoms with Crippen molar-refractivity contribution < 1.29 is 14.7 Å². The highest BCUT2D eigenvalue weighted by molar-refractivity contribution is 5.94. The van der Waals surface area contributed by atoms with Gasteiger partial charge in [-0.15, -0.1) is 0 Å². The maximum atomic E-state index is 12.3. The first-order valence-corrected chi connectivity index (χ1v) is 9.30. The van der Waals surface area contributed by atoms with E-state index in [1.807, 2.05) is 30.3 Å². The summed E-state index contributed by atoms with van der Waals surface area (Å²) < 4.78 is 1.65. The molecule has 1 saturated heterocycles. The summed E-state index contributed by atoms with van der Waals surface area (Å²) in [6.45, 7) is 0. The molecule has 0 spiro atoms. The molecule has 0 bridgehead atoms. The summed E-state index contributed by atoms with van der Waals surface area (Å²) >= 11 is 0. The van der Waals surface area contributed by atoms with Crippen molar-refractivity contribution in [2.75, 3.05) is 7.05 Å². The van der Waals surface area contributed by atoms with Crippen LogP contribution in [0.15, 0.2) is 48.7 Å². The quantitative estimate of drug-likeness (QED) is 0.643. The number of imidazole rings is 1. The van der Waals surface area contributed by atoms with Gasteiger partial charge in [0, 0.05) is 36.3 Å². The molecule has 1 aromatic carbocycles. The van der Waals surface area contributed by atoms with Crippen LogP contribution in [0.1, 0.15) is 22.6 Å². The number of hydrogen-bond donors (Lipinski definition) is 2. The minimum Gasteiger partial charge on any atom is -0.369 e. The van der Waals surface area contributed by atoms with Gasteiger partial charge in [0.1, 0.15) is 0 Å². The van der Waals surface area contributed by atoms with Gasteiger partial charge in [-0.2, -0.15) is 0 Å². The van der Waals surface area contributed by atoms with Gasteiger partial charge < -0.3 is 15.7 Å². The zero-order valence-electron chi connectivity index (χ0n) is 15.7. The lowest BCUT2D eigenvalue weighted by molar-refractivity contribution is -0.140. The van der Waals surface area contributed by atoms with Gasteiger partial charge in [-0.25, -0.2) is 4.98 Å². The monoisotopic (exact) mass is 386 g/mol. The Hall–Kier alpha value is -3.63. The number of benzene rings is 1. The molecule has 0 radical (unpaired) electrons. The van der Waals surface area contributed by atoms with Crippen molar-refractivity contribution in [1.29, 1.82) is 0 Å². The van der Waals surface area contributed by atoms with Crippen LogP contribution in [0.4, 0.5) is 0 Å². The zero-order chi connectivity index (χ0) is 20.3. The molecule has 29 heavy (non-hydrogen) atoms. The Bertz CT molecular complexity index is 1250. The first kappa shape index (κ1) is 17.5. The standard InChI is InChI=1S/C22H18N4O3/c1-25-17-12-15(17)22(29,21(25)28)9-8-13-5-4-6-14(11-13)18-16-7-2-3-10-26(16)20(24-18)19(23)27/h2-7,10-11,15,17,29H,12H2,1H3,(H2,23,27)/t15-,17-,22+/m0/s1. The lowest BCUT2D eigenvalue weighted by Crippen LogP contribution is -2.41. The molecular weight excluding hydrogens is 368 g/mol. The molecule has 3 N–H and O–H groups in total. The molecule has 5 rings (SSSR count). The van der Waals surface area contributed by atoms with Crippen molar-refractivity contribution in [3.05, 3.63) is 60.0 Å². The summed E-state index contributed by atoms with van der Waals surface area (Å²) in [7, 11) is 1.70. The number of piperidine rings is 1. The second-order valence-corrected chi connectivity index (χ2v) is 7.53. The Morgan fingerprint density at radius 2 is 2.14 bits per heavy atom. The molecule has 2 aliphatic rings. The number of pyridine rings is 1. The highest BCUT2D eigenvalue weighted by atomic mass is 16.3. The Morgan fingerprint density at radius 3 is 2.86 bits per heavy atom. The molecule has 1 aliphatic carbocycles. The Labute approximate surface area is 166 Å². The van der Waals surface area contributed by atoms with Gasteiger partial charge in [-0.05, 0) is 30.7 Å². The van der Waals surface area contributed by atoms with Crippen molar-refractivity contribution in [1.82, 2.24) is 14.3 Å². The molecular formula is C22H18N4O3. The Kier molecular flexibility index (Phi) is 3.57. The smallest absolute Gasteiger partial charge is 0.285 e. The van der Waals surface area contributed by atoms with Crippen LogP contribution < -0.4 is 5.73 Å². The molecule has 3 aromatic rings. The maximum absolute atomic E-state index is 12.3. The van der Waals surface area contributed by atoms with E-state index in [2.05, 4.69) is 16.8 Å². The predicted molar refractivity (Wildman–Crippen MR) is 106 cm³/mol. The summed E-state index contributed by atoms with van der Waals surface area (Å²) in [5.41, 5.74) is 6.62. The van der Waals surface area contributed by atoms with E-state index in [-0.39, 0.29) is 23.7 Å². The number of nitrogens with two attached hydrogens (primary N) is 1. The van der Waals surface area contributed by atoms with Crippen LogP contribution >= 0.6 is 0 Å². The number of hydrogen-bond acceptors (Lipinski definition) is 4. The summed E-state index contributed by atoms with van der Waals surface area (Å²) in [5.74, 6) is 4.83. The Balaban J connectivity index is 1.55. The van der Waals surface area contributed by atoms with E-state index in [1.54, 1.807) is 34.7 Å². The fourth-order valence-electron chi connectivity index (χ4n) is 4.12. The van der Waals surface area contributed by atoms with Gasteiger partial charge in [0.05, 0.1) is 11.2 Å². The van der Waals surface area contributed by atoms with E-state index in [0.29, 0.717) is 11.3 Å². The average molecular weight is 386 g/mol. The van der Waals surface area contributed by atoms with Crippen LogP contribution in [0.5, 0.6) is 0 Å². The molecule has 1 aliphatic heterocycles. The normalized spacial score (nSPS) is 24.9. The molecule has 144 valence electrons. The first-order valence-electron chi connectivity index (χ1n) is 9.30. The zero-order valence-corrected chi connectivity index (χ0v) is 15.7. The average Bonchev–Trinajstić information content (AvgIpc) is 3.40. The second-order valence-electron chi connectivity index (χ2n) is 7.53. The number of likely N-dealkylation sites (N-methyl/N-ethyl adjacent to an activating group) is 1. The molecule has 3 heterocycles. The number of carbonyl (C=O) groups is 2. The van der Waals surface area contributed by atoms with Crippen LogP contribution in [-0.2, 0) is 4.79 Å². The van der Waals surface area contributed by atoms with Crippen LogP contribution in [-0.4, -0.2) is 49.9 Å². The van der Waals surface area contributed by atoms with E-state index in [4.69, 9.17) is 5.73 Å². The van der Waals surface area contributed by atoms with Crippen LogP contribution in [0, 0.1) is 17.8 Å². The highest BCUT2D eigenvalue weighted by Gasteiger charge is 2.66. The third-order valence-corrected chi connectivity index (χ3v) is 5.74. The van der Waals surface area contributed by atoms with Crippen LogP contribution in [0.3, 0.4) is 0 Å². The van der Waals surface area contributed by atoms with E-state index in [1.165, 1.54) is 0 Å². The van der Waals surface area contributed by atoms with E-state index in [9.17, 15) is 14.7 Å². The van der Waals surface area contributed by atoms with Crippen LogP contribution in [0.2, 0.25) is 0 Å². The van der Waals surface area contributed by atoms with Gasteiger partial charge in [0.25, 0.3) is 11.8 Å². The third kappa shape index (κ3) is 2.53. The van der Waals surface area contributed by atoms with Gasteiger partial charge in [-0.3, -0.25) is 14.0 Å². The number of carbonyl (C=O) groups excluding carboxylic acids is 2. The summed E-state index contributed by atoms with van der Waals surface area (Å²) in [4.78, 5) is 30.1. The van der Waals surface area contributed by atoms with Gasteiger partial charge in [-0.1, -0.05) is 30.0 Å². The number of rotatable bonds is 2. The molecule has 3 atom stereocenters. The highest BCUT2D eigenvalue weighted by Crippen LogP contribution is 2.50. The SMILES string of the molecule is CN1C(=O)[C@@](O)(C#Cc2cccc(-c3nc(C(N)=O)n4ccccc34)c2)[C@H]2C[C@@H]21. The molecule has 2 aromatic heterocycles. The molecule has 2 amide bonds. The van der Waals surface area contributed by atoms with Crippen molar-refractivity contribution in [2.45, 2.75) is 18.1 Å². The minimum absolute atomic E-state index is 0.0947. The fourth-order valence-corrected chi connectivity index (χ4v) is 4.12. The molecule has 2 fully saturated rings. The molecule has 7 nitrogen and oxygen atoms in total. The lowest BCUT2D eigenvalue weighted by atomic mass is 9.98. The van der Waals surface area contributed by atoms with Crippen molar-refractivity contribution in [2.24, 2.45) is 11.7 Å². The lowest BCUT2D eigenvalue weighted by Gasteiger charge is -2.18. The van der Waals surface area contributed by atoms with E-state index >= 15 is 0 Å². The summed E-state index contributed by atoms with van der Waals surface area (Å²) in [6.07, 6.45) is 2.52. The largest absolute Gasteiger partial charge is 0.369 e. The van der Waals surface area contributed by atoms with Crippen molar-refractivity contribution >= 4 is 17.3 Å². The van der Waals surface area contributed by atoms with Gasteiger partial charge in [0.2, 0.25) is 11.4 Å². The number of aromatic nitrogens is 2. The topological polar surface area (TPSA) is 101 Å². The van der Waals surface area contributed by atoms with Crippen LogP contribution in [0.25, 0.3) is 16.8 Å². The van der Waals surface area contributed by atoms with Crippen molar-refractivity contribution in [3.63, 3.8) is 0 Å².